The second kappa shape index (κ2) is 6.81. The molecule has 1 unspecified atom stereocenters. The normalized spacial score (nSPS) is 17.3. The van der Waals surface area contributed by atoms with Crippen molar-refractivity contribution >= 4 is 34.8 Å². The Morgan fingerprint density at radius 2 is 2.00 bits per heavy atom. The molecule has 3 rings (SSSR count). The van der Waals surface area contributed by atoms with Crippen molar-refractivity contribution in [2.45, 2.75) is 39.3 Å². The molecule has 1 atom stereocenters. The van der Waals surface area contributed by atoms with Crippen molar-refractivity contribution in [2.75, 3.05) is 4.90 Å². The molecule has 1 aliphatic heterocycles. The van der Waals surface area contributed by atoms with Gasteiger partial charge in [0, 0.05) is 29.2 Å². The Hall–Kier alpha value is -2.67. The Bertz CT molecular complexity index is 945. The largest absolute Gasteiger partial charge is 0.349 e. The van der Waals surface area contributed by atoms with Crippen LogP contribution in [0, 0.1) is 5.82 Å². The van der Waals surface area contributed by atoms with Gasteiger partial charge in [0.05, 0.1) is 10.7 Å². The molecule has 142 valence electrons. The van der Waals surface area contributed by atoms with E-state index in [0.717, 1.165) is 0 Å². The molecule has 0 radical (unpaired) electrons. The van der Waals surface area contributed by atoms with Gasteiger partial charge in [-0.1, -0.05) is 11.6 Å². The summed E-state index contributed by atoms with van der Waals surface area (Å²) in [6.07, 6.45) is 2.95. The highest BCUT2D eigenvalue weighted by Crippen LogP contribution is 2.34. The summed E-state index contributed by atoms with van der Waals surface area (Å²) in [6, 6.07) is 4.62. The van der Waals surface area contributed by atoms with E-state index in [1.54, 1.807) is 23.9 Å². The number of hydrogen-bond acceptors (Lipinski definition) is 3. The van der Waals surface area contributed by atoms with Crippen molar-refractivity contribution in [3.63, 3.8) is 0 Å². The number of amides is 2. The van der Waals surface area contributed by atoms with E-state index in [2.05, 4.69) is 10.4 Å². The zero-order chi connectivity index (χ0) is 19.9. The maximum Gasteiger partial charge on any atom is 0.253 e. The lowest BCUT2D eigenvalue weighted by Gasteiger charge is -2.32. The molecule has 1 aliphatic rings. The average molecular weight is 391 g/mol. The molecule has 0 bridgehead atoms. The minimum Gasteiger partial charge on any atom is -0.349 e. The lowest BCUT2D eigenvalue weighted by molar-refractivity contribution is -0.126. The fraction of sp³-hybridized carbons (Fsp3) is 0.316. The summed E-state index contributed by atoms with van der Waals surface area (Å²) < 4.78 is 15.2. The van der Waals surface area contributed by atoms with Crippen LogP contribution >= 0.6 is 11.6 Å². The summed E-state index contributed by atoms with van der Waals surface area (Å²) in [4.78, 5) is 27.4. The van der Waals surface area contributed by atoms with Crippen LogP contribution in [0.25, 0.3) is 5.70 Å². The fourth-order valence-corrected chi connectivity index (χ4v) is 3.16. The smallest absolute Gasteiger partial charge is 0.253 e. The average Bonchev–Trinajstić information content (AvgIpc) is 2.98. The van der Waals surface area contributed by atoms with E-state index in [1.807, 2.05) is 20.8 Å². The lowest BCUT2D eigenvalue weighted by Crippen LogP contribution is -2.49. The van der Waals surface area contributed by atoms with Crippen molar-refractivity contribution in [1.82, 2.24) is 15.1 Å². The van der Waals surface area contributed by atoms with Gasteiger partial charge < -0.3 is 5.32 Å². The highest BCUT2D eigenvalue weighted by atomic mass is 35.5. The van der Waals surface area contributed by atoms with Crippen LogP contribution in [0.15, 0.2) is 36.5 Å². The molecule has 0 fully saturated rings. The third-order valence-corrected chi connectivity index (χ3v) is 4.33. The molecule has 0 aliphatic carbocycles. The summed E-state index contributed by atoms with van der Waals surface area (Å²) in [6.45, 7) is 7.28. The van der Waals surface area contributed by atoms with E-state index in [4.69, 9.17) is 11.6 Å². The molecule has 1 aromatic heterocycles. The SMILES string of the molecule is CC1=CC(=O)N(c2ccc(F)c(Cl)c2)C(C(=O)NC(C)(C)C)c2ccnn21. The molecule has 2 aromatic rings. The van der Waals surface area contributed by atoms with E-state index in [-0.39, 0.29) is 10.9 Å². The molecule has 1 aromatic carbocycles. The van der Waals surface area contributed by atoms with E-state index >= 15 is 0 Å². The molecule has 6 nitrogen and oxygen atoms in total. The summed E-state index contributed by atoms with van der Waals surface area (Å²) in [5, 5.41) is 7.00. The molecule has 2 heterocycles. The number of allylic oxidation sites excluding steroid dienone is 1. The molecule has 2 amide bonds. The standard InChI is InChI=1S/C19H20ClFN4O2/c1-11-9-16(26)24(12-5-6-14(21)13(20)10-12)17(15-7-8-22-25(11)15)18(27)23-19(2,3)4/h5-10,17H,1-4H3,(H,23,27). The molecule has 0 saturated carbocycles. The molecular weight excluding hydrogens is 371 g/mol. The van der Waals surface area contributed by atoms with Crippen LogP contribution in [0.1, 0.15) is 39.4 Å². The van der Waals surface area contributed by atoms with Gasteiger partial charge in [-0.05, 0) is 52.0 Å². The van der Waals surface area contributed by atoms with Crippen LogP contribution in [0.4, 0.5) is 10.1 Å². The number of benzene rings is 1. The van der Waals surface area contributed by atoms with Gasteiger partial charge in [-0.2, -0.15) is 5.10 Å². The number of halogens is 2. The quantitative estimate of drug-likeness (QED) is 0.852. The predicted molar refractivity (Wildman–Crippen MR) is 102 cm³/mol. The van der Waals surface area contributed by atoms with Crippen molar-refractivity contribution in [1.29, 1.82) is 0 Å². The number of nitrogens with one attached hydrogen (secondary N) is 1. The summed E-state index contributed by atoms with van der Waals surface area (Å²) in [7, 11) is 0. The van der Waals surface area contributed by atoms with Gasteiger partial charge in [0.15, 0.2) is 6.04 Å². The number of rotatable bonds is 2. The lowest BCUT2D eigenvalue weighted by atomic mass is 10.1. The zero-order valence-corrected chi connectivity index (χ0v) is 16.2. The number of nitrogens with zero attached hydrogens (tertiary/aromatic N) is 3. The Kier molecular flexibility index (Phi) is 4.82. The highest BCUT2D eigenvalue weighted by molar-refractivity contribution is 6.31. The zero-order valence-electron chi connectivity index (χ0n) is 15.5. The summed E-state index contributed by atoms with van der Waals surface area (Å²) in [5.41, 5.74) is 0.909. The van der Waals surface area contributed by atoms with Gasteiger partial charge in [0.25, 0.3) is 5.91 Å². The van der Waals surface area contributed by atoms with Crippen LogP contribution < -0.4 is 10.2 Å². The van der Waals surface area contributed by atoms with E-state index in [1.165, 1.54) is 29.2 Å². The van der Waals surface area contributed by atoms with Crippen molar-refractivity contribution in [3.8, 4) is 0 Å². The number of carbonyl (C=O) groups excluding carboxylic acids is 2. The van der Waals surface area contributed by atoms with Crippen molar-refractivity contribution in [3.05, 3.63) is 53.1 Å². The van der Waals surface area contributed by atoms with Crippen molar-refractivity contribution in [2.24, 2.45) is 0 Å². The Balaban J connectivity index is 2.19. The fourth-order valence-electron chi connectivity index (χ4n) is 2.98. The second-order valence-electron chi connectivity index (χ2n) is 7.40. The number of hydrogen-bond donors (Lipinski definition) is 1. The maximum atomic E-state index is 13.6. The number of carbonyl (C=O) groups is 2. The molecule has 8 heteroatoms. The van der Waals surface area contributed by atoms with E-state index in [0.29, 0.717) is 17.1 Å². The van der Waals surface area contributed by atoms with Gasteiger partial charge in [0.2, 0.25) is 5.91 Å². The van der Waals surface area contributed by atoms with Crippen LogP contribution in [0.3, 0.4) is 0 Å². The Morgan fingerprint density at radius 1 is 1.30 bits per heavy atom. The third-order valence-electron chi connectivity index (χ3n) is 4.04. The van der Waals surface area contributed by atoms with Gasteiger partial charge in [-0.15, -0.1) is 0 Å². The first kappa shape index (κ1) is 19.1. The first-order valence-electron chi connectivity index (χ1n) is 8.41. The Morgan fingerprint density at radius 3 is 2.63 bits per heavy atom. The van der Waals surface area contributed by atoms with Crippen LogP contribution in [0.5, 0.6) is 0 Å². The Labute approximate surface area is 161 Å². The molecule has 27 heavy (non-hydrogen) atoms. The monoisotopic (exact) mass is 390 g/mol. The first-order chi connectivity index (χ1) is 12.6. The first-order valence-corrected chi connectivity index (χ1v) is 8.79. The summed E-state index contributed by atoms with van der Waals surface area (Å²) >= 11 is 5.92. The third kappa shape index (κ3) is 3.73. The minimum atomic E-state index is -0.991. The predicted octanol–water partition coefficient (Wildman–Crippen LogP) is 3.54. The van der Waals surface area contributed by atoms with Crippen LogP contribution in [-0.4, -0.2) is 27.1 Å². The van der Waals surface area contributed by atoms with E-state index in [9.17, 15) is 14.0 Å². The minimum absolute atomic E-state index is 0.131. The molecule has 0 saturated heterocycles. The van der Waals surface area contributed by atoms with Crippen LogP contribution in [0.2, 0.25) is 5.02 Å². The summed E-state index contributed by atoms with van der Waals surface area (Å²) in [5.74, 6) is -1.40. The topological polar surface area (TPSA) is 67.2 Å². The molecular formula is C19H20ClFN4O2. The van der Waals surface area contributed by atoms with Crippen LogP contribution in [-0.2, 0) is 9.59 Å². The van der Waals surface area contributed by atoms with Gasteiger partial charge in [-0.3, -0.25) is 14.5 Å². The number of anilines is 1. The number of aromatic nitrogens is 2. The molecule has 1 N–H and O–H groups in total. The highest BCUT2D eigenvalue weighted by Gasteiger charge is 2.38. The van der Waals surface area contributed by atoms with Gasteiger partial charge >= 0.3 is 0 Å². The number of fused-ring (bicyclic) bond motifs is 1. The molecule has 0 spiro atoms. The second-order valence-corrected chi connectivity index (χ2v) is 7.81. The maximum absolute atomic E-state index is 13.6. The van der Waals surface area contributed by atoms with E-state index < -0.39 is 23.3 Å². The van der Waals surface area contributed by atoms with Crippen molar-refractivity contribution < 1.29 is 14.0 Å². The van der Waals surface area contributed by atoms with Gasteiger partial charge in [-0.25, -0.2) is 9.07 Å². The van der Waals surface area contributed by atoms with Gasteiger partial charge in [0.1, 0.15) is 5.82 Å².